The first-order valence-corrected chi connectivity index (χ1v) is 8.74. The number of likely N-dealkylation sites (tertiary alicyclic amines) is 1. The number of amides is 1. The summed E-state index contributed by atoms with van der Waals surface area (Å²) in [6.07, 6.45) is 2.16. The van der Waals surface area contributed by atoms with Gasteiger partial charge in [-0.25, -0.2) is 0 Å². The normalized spacial score (nSPS) is 17.7. The SMILES string of the molecule is CC(C)C(N)C(=O)N1CCC(CN(C)Cc2ccccc2)CC1. The zero-order valence-corrected chi connectivity index (χ0v) is 14.7. The standard InChI is InChI=1S/C19H31N3O/c1-15(2)18(20)19(23)22-11-9-17(10-12-22)14-21(3)13-16-7-5-4-6-8-16/h4-8,15,17-18H,9-14,20H2,1-3H3. The fourth-order valence-electron chi connectivity index (χ4n) is 3.23. The van der Waals surface area contributed by atoms with E-state index in [2.05, 4.69) is 42.3 Å². The maximum Gasteiger partial charge on any atom is 0.239 e. The van der Waals surface area contributed by atoms with Crippen molar-refractivity contribution in [2.75, 3.05) is 26.7 Å². The van der Waals surface area contributed by atoms with Crippen molar-refractivity contribution in [3.05, 3.63) is 35.9 Å². The van der Waals surface area contributed by atoms with Gasteiger partial charge < -0.3 is 15.5 Å². The Balaban J connectivity index is 1.75. The van der Waals surface area contributed by atoms with E-state index in [-0.39, 0.29) is 17.9 Å². The van der Waals surface area contributed by atoms with Gasteiger partial charge in [0.2, 0.25) is 5.91 Å². The molecule has 128 valence electrons. The van der Waals surface area contributed by atoms with E-state index in [1.807, 2.05) is 18.7 Å². The van der Waals surface area contributed by atoms with Crippen LogP contribution in [0.3, 0.4) is 0 Å². The number of nitrogens with zero attached hydrogens (tertiary/aromatic N) is 2. The highest BCUT2D eigenvalue weighted by atomic mass is 16.2. The molecule has 0 radical (unpaired) electrons. The average molecular weight is 317 g/mol. The molecule has 0 aromatic heterocycles. The van der Waals surface area contributed by atoms with E-state index in [9.17, 15) is 4.79 Å². The van der Waals surface area contributed by atoms with Gasteiger partial charge in [0, 0.05) is 26.2 Å². The summed E-state index contributed by atoms with van der Waals surface area (Å²) < 4.78 is 0. The van der Waals surface area contributed by atoms with Gasteiger partial charge >= 0.3 is 0 Å². The lowest BCUT2D eigenvalue weighted by atomic mass is 9.94. The summed E-state index contributed by atoms with van der Waals surface area (Å²) in [7, 11) is 2.18. The summed E-state index contributed by atoms with van der Waals surface area (Å²) in [5.74, 6) is 0.997. The Morgan fingerprint density at radius 3 is 2.43 bits per heavy atom. The van der Waals surface area contributed by atoms with Crippen LogP contribution in [-0.4, -0.2) is 48.4 Å². The lowest BCUT2D eigenvalue weighted by Gasteiger charge is -2.35. The van der Waals surface area contributed by atoms with Crippen LogP contribution in [0.15, 0.2) is 30.3 Å². The van der Waals surface area contributed by atoms with Crippen LogP contribution < -0.4 is 5.73 Å². The Hall–Kier alpha value is -1.39. The molecular weight excluding hydrogens is 286 g/mol. The number of carbonyl (C=O) groups is 1. The van der Waals surface area contributed by atoms with E-state index in [0.29, 0.717) is 5.92 Å². The first kappa shape index (κ1) is 18.0. The Morgan fingerprint density at radius 2 is 1.87 bits per heavy atom. The summed E-state index contributed by atoms with van der Waals surface area (Å²) >= 11 is 0. The molecule has 1 atom stereocenters. The summed E-state index contributed by atoms with van der Waals surface area (Å²) in [4.78, 5) is 16.6. The molecule has 1 aromatic carbocycles. The van der Waals surface area contributed by atoms with Crippen LogP contribution in [0.1, 0.15) is 32.3 Å². The minimum atomic E-state index is -0.354. The third kappa shape index (κ3) is 5.33. The molecule has 1 heterocycles. The number of nitrogens with two attached hydrogens (primary N) is 1. The van der Waals surface area contributed by atoms with Crippen molar-refractivity contribution in [1.29, 1.82) is 0 Å². The molecule has 1 aliphatic heterocycles. The first-order valence-electron chi connectivity index (χ1n) is 8.74. The molecule has 1 saturated heterocycles. The fourth-order valence-corrected chi connectivity index (χ4v) is 3.23. The van der Waals surface area contributed by atoms with Crippen molar-refractivity contribution in [3.8, 4) is 0 Å². The quantitative estimate of drug-likeness (QED) is 0.876. The molecule has 4 nitrogen and oxygen atoms in total. The second-order valence-electron chi connectivity index (χ2n) is 7.22. The summed E-state index contributed by atoms with van der Waals surface area (Å²) in [6.45, 7) is 7.79. The minimum Gasteiger partial charge on any atom is -0.341 e. The van der Waals surface area contributed by atoms with Crippen LogP contribution in [0.2, 0.25) is 0 Å². The molecule has 0 aliphatic carbocycles. The topological polar surface area (TPSA) is 49.6 Å². The third-order valence-electron chi connectivity index (χ3n) is 4.79. The van der Waals surface area contributed by atoms with Crippen LogP contribution in [0.4, 0.5) is 0 Å². The Labute approximate surface area is 140 Å². The molecule has 4 heteroatoms. The highest BCUT2D eigenvalue weighted by molar-refractivity contribution is 5.82. The van der Waals surface area contributed by atoms with Crippen LogP contribution >= 0.6 is 0 Å². The van der Waals surface area contributed by atoms with Crippen molar-refractivity contribution in [2.24, 2.45) is 17.6 Å². The molecule has 0 spiro atoms. The van der Waals surface area contributed by atoms with Crippen molar-refractivity contribution >= 4 is 5.91 Å². The first-order chi connectivity index (χ1) is 11.0. The Kier molecular flexibility index (Phi) is 6.60. The van der Waals surface area contributed by atoms with Gasteiger partial charge in [0.1, 0.15) is 0 Å². The summed E-state index contributed by atoms with van der Waals surface area (Å²) in [5, 5.41) is 0. The van der Waals surface area contributed by atoms with Gasteiger partial charge in [-0.2, -0.15) is 0 Å². The van der Waals surface area contributed by atoms with Crippen molar-refractivity contribution in [2.45, 2.75) is 39.3 Å². The average Bonchev–Trinajstić information content (AvgIpc) is 2.55. The molecule has 1 amide bonds. The molecule has 0 bridgehead atoms. The van der Waals surface area contributed by atoms with Crippen LogP contribution in [0.5, 0.6) is 0 Å². The number of carbonyl (C=O) groups excluding carboxylic acids is 1. The third-order valence-corrected chi connectivity index (χ3v) is 4.79. The van der Waals surface area contributed by atoms with Gasteiger partial charge in [0.15, 0.2) is 0 Å². The second kappa shape index (κ2) is 8.46. The lowest BCUT2D eigenvalue weighted by Crippen LogP contribution is -2.49. The smallest absolute Gasteiger partial charge is 0.239 e. The molecule has 1 unspecified atom stereocenters. The van der Waals surface area contributed by atoms with Gasteiger partial charge in [0.25, 0.3) is 0 Å². The molecule has 1 aromatic rings. The van der Waals surface area contributed by atoms with E-state index in [1.165, 1.54) is 5.56 Å². The number of piperidine rings is 1. The van der Waals surface area contributed by atoms with E-state index < -0.39 is 0 Å². The van der Waals surface area contributed by atoms with E-state index in [4.69, 9.17) is 5.73 Å². The number of hydrogen-bond donors (Lipinski definition) is 1. The summed E-state index contributed by atoms with van der Waals surface area (Å²) in [5.41, 5.74) is 7.35. The van der Waals surface area contributed by atoms with Crippen molar-refractivity contribution in [3.63, 3.8) is 0 Å². The molecule has 2 N–H and O–H groups in total. The minimum absolute atomic E-state index is 0.121. The zero-order chi connectivity index (χ0) is 16.8. The molecular formula is C19H31N3O. The highest BCUT2D eigenvalue weighted by Crippen LogP contribution is 2.20. The number of rotatable bonds is 6. The monoisotopic (exact) mass is 317 g/mol. The Morgan fingerprint density at radius 1 is 1.26 bits per heavy atom. The predicted molar refractivity (Wildman–Crippen MR) is 94.9 cm³/mol. The number of hydrogen-bond acceptors (Lipinski definition) is 3. The molecule has 0 saturated carbocycles. The molecule has 2 rings (SSSR count). The van der Waals surface area contributed by atoms with Crippen molar-refractivity contribution < 1.29 is 4.79 Å². The molecule has 23 heavy (non-hydrogen) atoms. The van der Waals surface area contributed by atoms with Gasteiger partial charge in [-0.05, 0) is 37.3 Å². The van der Waals surface area contributed by atoms with Crippen LogP contribution in [-0.2, 0) is 11.3 Å². The van der Waals surface area contributed by atoms with E-state index in [1.54, 1.807) is 0 Å². The predicted octanol–water partition coefficient (Wildman–Crippen LogP) is 2.34. The number of benzene rings is 1. The highest BCUT2D eigenvalue weighted by Gasteiger charge is 2.28. The maximum absolute atomic E-state index is 12.3. The van der Waals surface area contributed by atoms with Crippen molar-refractivity contribution in [1.82, 2.24) is 9.80 Å². The zero-order valence-electron chi connectivity index (χ0n) is 14.7. The van der Waals surface area contributed by atoms with Crippen LogP contribution in [0, 0.1) is 11.8 Å². The van der Waals surface area contributed by atoms with Gasteiger partial charge in [-0.15, -0.1) is 0 Å². The summed E-state index contributed by atoms with van der Waals surface area (Å²) in [6, 6.07) is 10.2. The van der Waals surface area contributed by atoms with E-state index in [0.717, 1.165) is 39.0 Å². The van der Waals surface area contributed by atoms with E-state index >= 15 is 0 Å². The molecule has 1 fully saturated rings. The van der Waals surface area contributed by atoms with Gasteiger partial charge in [-0.3, -0.25) is 4.79 Å². The molecule has 1 aliphatic rings. The largest absolute Gasteiger partial charge is 0.341 e. The van der Waals surface area contributed by atoms with Gasteiger partial charge in [-0.1, -0.05) is 44.2 Å². The fraction of sp³-hybridized carbons (Fsp3) is 0.632. The Bertz CT molecular complexity index is 481. The lowest BCUT2D eigenvalue weighted by molar-refractivity contribution is -0.135. The second-order valence-corrected chi connectivity index (χ2v) is 7.22. The van der Waals surface area contributed by atoms with Crippen LogP contribution in [0.25, 0.3) is 0 Å². The maximum atomic E-state index is 12.3. The van der Waals surface area contributed by atoms with Gasteiger partial charge in [0.05, 0.1) is 6.04 Å².